The van der Waals surface area contributed by atoms with Crippen LogP contribution in [0.2, 0.25) is 0 Å². The lowest BCUT2D eigenvalue weighted by Crippen LogP contribution is -2.38. The SMILES string of the molecule is Cn1cccc1C(=O)N1CCO[C@H]2CN(Cc3ccco3)C[C@H]2C1. The summed E-state index contributed by atoms with van der Waals surface area (Å²) >= 11 is 0. The molecule has 0 spiro atoms. The second-order valence-electron chi connectivity index (χ2n) is 6.70. The summed E-state index contributed by atoms with van der Waals surface area (Å²) in [6.45, 7) is 4.65. The zero-order chi connectivity index (χ0) is 16.5. The van der Waals surface area contributed by atoms with Crippen LogP contribution >= 0.6 is 0 Å². The van der Waals surface area contributed by atoms with Gasteiger partial charge in [0.1, 0.15) is 11.5 Å². The Hall–Kier alpha value is -2.05. The molecule has 1 amide bonds. The normalized spacial score (nSPS) is 24.8. The van der Waals surface area contributed by atoms with E-state index >= 15 is 0 Å². The van der Waals surface area contributed by atoms with Gasteiger partial charge in [0.25, 0.3) is 5.91 Å². The predicted molar refractivity (Wildman–Crippen MR) is 88.5 cm³/mol. The second kappa shape index (κ2) is 6.45. The first-order valence-electron chi connectivity index (χ1n) is 8.47. The zero-order valence-electron chi connectivity index (χ0n) is 13.9. The molecule has 2 aliphatic rings. The van der Waals surface area contributed by atoms with E-state index in [-0.39, 0.29) is 12.0 Å². The standard InChI is InChI=1S/C18H23N3O3/c1-19-6-2-5-16(19)18(22)21-7-9-24-17-13-20(10-14(17)11-21)12-15-4-3-8-23-15/h2-6,8,14,17H,7,9-13H2,1H3/t14-,17-/m0/s1. The molecule has 0 aromatic carbocycles. The van der Waals surface area contributed by atoms with Gasteiger partial charge in [-0.05, 0) is 24.3 Å². The molecule has 2 saturated heterocycles. The number of amides is 1. The summed E-state index contributed by atoms with van der Waals surface area (Å²) in [6, 6.07) is 7.70. The van der Waals surface area contributed by atoms with Crippen LogP contribution in [0.5, 0.6) is 0 Å². The Morgan fingerprint density at radius 2 is 2.17 bits per heavy atom. The predicted octanol–water partition coefficient (Wildman–Crippen LogP) is 1.59. The van der Waals surface area contributed by atoms with Crippen molar-refractivity contribution in [1.29, 1.82) is 0 Å². The quantitative estimate of drug-likeness (QED) is 0.858. The van der Waals surface area contributed by atoms with Crippen molar-refractivity contribution in [3.05, 3.63) is 48.2 Å². The topological polar surface area (TPSA) is 50.9 Å². The minimum atomic E-state index is 0.0937. The number of fused-ring (bicyclic) bond motifs is 1. The molecule has 4 heterocycles. The summed E-state index contributed by atoms with van der Waals surface area (Å²) in [5, 5.41) is 0. The van der Waals surface area contributed by atoms with Gasteiger partial charge in [-0.3, -0.25) is 9.69 Å². The Kier molecular flexibility index (Phi) is 4.16. The van der Waals surface area contributed by atoms with Crippen LogP contribution in [0.4, 0.5) is 0 Å². The van der Waals surface area contributed by atoms with Crippen molar-refractivity contribution in [3.63, 3.8) is 0 Å². The van der Waals surface area contributed by atoms with E-state index in [9.17, 15) is 4.79 Å². The molecule has 128 valence electrons. The van der Waals surface area contributed by atoms with Crippen molar-refractivity contribution in [1.82, 2.24) is 14.4 Å². The number of ether oxygens (including phenoxy) is 1. The minimum absolute atomic E-state index is 0.0937. The van der Waals surface area contributed by atoms with Gasteiger partial charge in [0, 0.05) is 45.3 Å². The first-order chi connectivity index (χ1) is 11.7. The van der Waals surface area contributed by atoms with Gasteiger partial charge in [0.05, 0.1) is 25.5 Å². The molecule has 4 rings (SSSR count). The molecule has 2 fully saturated rings. The van der Waals surface area contributed by atoms with E-state index in [0.29, 0.717) is 19.1 Å². The largest absolute Gasteiger partial charge is 0.468 e. The molecule has 2 atom stereocenters. The first kappa shape index (κ1) is 15.5. The maximum absolute atomic E-state index is 12.8. The summed E-state index contributed by atoms with van der Waals surface area (Å²) in [4.78, 5) is 17.1. The van der Waals surface area contributed by atoms with E-state index in [4.69, 9.17) is 9.15 Å². The third-order valence-electron chi connectivity index (χ3n) is 5.01. The highest BCUT2D eigenvalue weighted by Gasteiger charge is 2.38. The van der Waals surface area contributed by atoms with Crippen molar-refractivity contribution >= 4 is 5.91 Å². The minimum Gasteiger partial charge on any atom is -0.468 e. The molecular formula is C18H23N3O3. The fourth-order valence-electron chi connectivity index (χ4n) is 3.76. The van der Waals surface area contributed by atoms with Crippen LogP contribution in [0.25, 0.3) is 0 Å². The van der Waals surface area contributed by atoms with Crippen LogP contribution < -0.4 is 0 Å². The summed E-state index contributed by atoms with van der Waals surface area (Å²) in [5.41, 5.74) is 0.735. The fourth-order valence-corrected chi connectivity index (χ4v) is 3.76. The Bertz CT molecular complexity index is 694. The molecule has 0 aliphatic carbocycles. The third kappa shape index (κ3) is 2.99. The van der Waals surface area contributed by atoms with Crippen LogP contribution in [0, 0.1) is 5.92 Å². The van der Waals surface area contributed by atoms with E-state index in [1.165, 1.54) is 0 Å². The van der Waals surface area contributed by atoms with E-state index in [0.717, 1.165) is 37.6 Å². The number of furan rings is 1. The Morgan fingerprint density at radius 3 is 2.92 bits per heavy atom. The van der Waals surface area contributed by atoms with Crippen LogP contribution in [0.15, 0.2) is 41.1 Å². The maximum atomic E-state index is 12.8. The van der Waals surface area contributed by atoms with Crippen LogP contribution in [-0.4, -0.2) is 59.2 Å². The molecule has 2 aliphatic heterocycles. The number of hydrogen-bond donors (Lipinski definition) is 0. The Morgan fingerprint density at radius 1 is 1.25 bits per heavy atom. The van der Waals surface area contributed by atoms with E-state index in [2.05, 4.69) is 4.90 Å². The van der Waals surface area contributed by atoms with Gasteiger partial charge in [0.15, 0.2) is 0 Å². The lowest BCUT2D eigenvalue weighted by molar-refractivity contribution is 0.0497. The molecule has 0 N–H and O–H groups in total. The number of aromatic nitrogens is 1. The number of likely N-dealkylation sites (tertiary alicyclic amines) is 1. The maximum Gasteiger partial charge on any atom is 0.270 e. The van der Waals surface area contributed by atoms with E-state index < -0.39 is 0 Å². The van der Waals surface area contributed by atoms with Crippen LogP contribution in [0.1, 0.15) is 16.2 Å². The summed E-state index contributed by atoms with van der Waals surface area (Å²) < 4.78 is 13.4. The summed E-state index contributed by atoms with van der Waals surface area (Å²) in [6.07, 6.45) is 3.82. The fraction of sp³-hybridized carbons (Fsp3) is 0.500. The van der Waals surface area contributed by atoms with Crippen LogP contribution in [-0.2, 0) is 18.3 Å². The molecule has 24 heavy (non-hydrogen) atoms. The average molecular weight is 329 g/mol. The van der Waals surface area contributed by atoms with Crippen molar-refractivity contribution in [2.45, 2.75) is 12.6 Å². The molecule has 0 unspecified atom stereocenters. The van der Waals surface area contributed by atoms with E-state index in [1.807, 2.05) is 47.0 Å². The molecule has 0 bridgehead atoms. The lowest BCUT2D eigenvalue weighted by Gasteiger charge is -2.23. The smallest absolute Gasteiger partial charge is 0.270 e. The second-order valence-corrected chi connectivity index (χ2v) is 6.70. The van der Waals surface area contributed by atoms with Crippen molar-refractivity contribution < 1.29 is 13.9 Å². The summed E-state index contributed by atoms with van der Waals surface area (Å²) in [7, 11) is 1.91. The van der Waals surface area contributed by atoms with E-state index in [1.54, 1.807) is 6.26 Å². The van der Waals surface area contributed by atoms with Gasteiger partial charge in [0.2, 0.25) is 0 Å². The van der Waals surface area contributed by atoms with Gasteiger partial charge in [-0.25, -0.2) is 0 Å². The van der Waals surface area contributed by atoms with Gasteiger partial charge < -0.3 is 18.6 Å². The van der Waals surface area contributed by atoms with Gasteiger partial charge >= 0.3 is 0 Å². The van der Waals surface area contributed by atoms with Crippen molar-refractivity contribution in [2.24, 2.45) is 13.0 Å². The van der Waals surface area contributed by atoms with Gasteiger partial charge in [-0.1, -0.05) is 0 Å². The van der Waals surface area contributed by atoms with Crippen molar-refractivity contribution in [2.75, 3.05) is 32.8 Å². The Labute approximate surface area is 141 Å². The highest BCUT2D eigenvalue weighted by atomic mass is 16.5. The number of carbonyl (C=O) groups is 1. The van der Waals surface area contributed by atoms with Gasteiger partial charge in [-0.2, -0.15) is 0 Å². The van der Waals surface area contributed by atoms with Crippen LogP contribution in [0.3, 0.4) is 0 Å². The number of carbonyl (C=O) groups excluding carboxylic acids is 1. The monoisotopic (exact) mass is 329 g/mol. The average Bonchev–Trinajstić information content (AvgIpc) is 3.27. The Balaban J connectivity index is 1.43. The molecule has 6 heteroatoms. The zero-order valence-corrected chi connectivity index (χ0v) is 13.9. The molecular weight excluding hydrogens is 306 g/mol. The van der Waals surface area contributed by atoms with Crippen molar-refractivity contribution in [3.8, 4) is 0 Å². The van der Waals surface area contributed by atoms with Gasteiger partial charge in [-0.15, -0.1) is 0 Å². The molecule has 2 aromatic rings. The summed E-state index contributed by atoms with van der Waals surface area (Å²) in [5.74, 6) is 1.42. The highest BCUT2D eigenvalue weighted by Crippen LogP contribution is 2.25. The number of hydrogen-bond acceptors (Lipinski definition) is 4. The number of aryl methyl sites for hydroxylation is 1. The first-order valence-corrected chi connectivity index (χ1v) is 8.47. The molecule has 0 saturated carbocycles. The molecule has 6 nitrogen and oxygen atoms in total. The third-order valence-corrected chi connectivity index (χ3v) is 5.01. The highest BCUT2D eigenvalue weighted by molar-refractivity contribution is 5.92. The number of rotatable bonds is 3. The lowest BCUT2D eigenvalue weighted by atomic mass is 10.1. The molecule has 0 radical (unpaired) electrons. The molecule has 2 aromatic heterocycles. The number of nitrogens with zero attached hydrogens (tertiary/aromatic N) is 3.